The summed E-state index contributed by atoms with van der Waals surface area (Å²) in [4.78, 5) is 23.4. The first-order valence-electron chi connectivity index (χ1n) is 6.51. The Morgan fingerprint density at radius 1 is 1.35 bits per heavy atom. The van der Waals surface area contributed by atoms with Crippen molar-refractivity contribution >= 4 is 11.9 Å². The van der Waals surface area contributed by atoms with E-state index in [0.29, 0.717) is 6.42 Å². The van der Waals surface area contributed by atoms with Crippen molar-refractivity contribution in [3.63, 3.8) is 0 Å². The van der Waals surface area contributed by atoms with Crippen LogP contribution in [0.3, 0.4) is 0 Å². The number of esters is 1. The predicted molar refractivity (Wildman–Crippen MR) is 78.1 cm³/mol. The lowest BCUT2D eigenvalue weighted by molar-refractivity contribution is -0.156. The summed E-state index contributed by atoms with van der Waals surface area (Å²) in [5.41, 5.74) is 0.199. The van der Waals surface area contributed by atoms with Gasteiger partial charge in [-0.3, -0.25) is 4.79 Å². The zero-order chi connectivity index (χ0) is 15.2. The summed E-state index contributed by atoms with van der Waals surface area (Å²) < 4.78 is 5.35. The third-order valence-corrected chi connectivity index (χ3v) is 2.80. The molecule has 0 aromatic heterocycles. The maximum atomic E-state index is 12.2. The minimum Gasteiger partial charge on any atom is -0.454 e. The monoisotopic (exact) mass is 275 g/mol. The Bertz CT molecular complexity index is 480. The first-order valence-corrected chi connectivity index (χ1v) is 6.51. The molecule has 1 amide bonds. The smallest absolute Gasteiger partial charge is 0.329 e. The molecule has 1 aromatic rings. The molecule has 0 aliphatic rings. The van der Waals surface area contributed by atoms with E-state index in [0.717, 1.165) is 5.56 Å². The van der Waals surface area contributed by atoms with E-state index >= 15 is 0 Å². The fraction of sp³-hybridized carbons (Fsp3) is 0.375. The predicted octanol–water partition coefficient (Wildman–Crippen LogP) is 2.24. The van der Waals surface area contributed by atoms with Crippen molar-refractivity contribution in [3.8, 4) is 0 Å². The van der Waals surface area contributed by atoms with E-state index in [1.165, 1.54) is 6.92 Å². The van der Waals surface area contributed by atoms with E-state index in [-0.39, 0.29) is 5.91 Å². The zero-order valence-corrected chi connectivity index (χ0v) is 12.2. The molecule has 4 nitrogen and oxygen atoms in total. The fourth-order valence-corrected chi connectivity index (χ4v) is 1.66. The molecule has 1 unspecified atom stereocenters. The summed E-state index contributed by atoms with van der Waals surface area (Å²) in [6.45, 7) is 8.49. The van der Waals surface area contributed by atoms with Crippen LogP contribution in [-0.2, 0) is 20.7 Å². The molecule has 0 bridgehead atoms. The van der Waals surface area contributed by atoms with Crippen LogP contribution in [-0.4, -0.2) is 23.5 Å². The van der Waals surface area contributed by atoms with Crippen LogP contribution in [0, 0.1) is 0 Å². The molecular weight excluding hydrogens is 254 g/mol. The highest BCUT2D eigenvalue weighted by molar-refractivity contribution is 5.83. The summed E-state index contributed by atoms with van der Waals surface area (Å²) >= 11 is 0. The Labute approximate surface area is 119 Å². The molecule has 0 heterocycles. The lowest BCUT2D eigenvalue weighted by Crippen LogP contribution is -2.44. The van der Waals surface area contributed by atoms with E-state index in [9.17, 15) is 9.59 Å². The largest absolute Gasteiger partial charge is 0.454 e. The summed E-state index contributed by atoms with van der Waals surface area (Å²) in [6, 6.07) is 8.78. The first kappa shape index (κ1) is 16.0. The zero-order valence-electron chi connectivity index (χ0n) is 12.2. The topological polar surface area (TPSA) is 55.4 Å². The van der Waals surface area contributed by atoms with Crippen molar-refractivity contribution in [2.75, 3.05) is 0 Å². The maximum Gasteiger partial charge on any atom is 0.329 e. The molecular formula is C16H21NO3. The quantitative estimate of drug-likeness (QED) is 0.640. The Kier molecular flexibility index (Phi) is 5.50. The fourth-order valence-electron chi connectivity index (χ4n) is 1.66. The standard InChI is InChI=1S/C16H21NO3/c1-5-16(3,4)20-15(19)14(17-12(2)18)11-13-9-7-6-8-10-13/h5-10,14H,1,11H2,2-4H3,(H,17,18). The van der Waals surface area contributed by atoms with Crippen LogP contribution in [0.15, 0.2) is 43.0 Å². The molecule has 0 saturated carbocycles. The van der Waals surface area contributed by atoms with Crippen molar-refractivity contribution in [1.29, 1.82) is 0 Å². The Hall–Kier alpha value is -2.10. The maximum absolute atomic E-state index is 12.2. The molecule has 0 radical (unpaired) electrons. The first-order chi connectivity index (χ1) is 9.34. The van der Waals surface area contributed by atoms with Crippen LogP contribution in [0.2, 0.25) is 0 Å². The minimum absolute atomic E-state index is 0.265. The SMILES string of the molecule is C=CC(C)(C)OC(=O)C(Cc1ccccc1)NC(C)=O. The van der Waals surface area contributed by atoms with E-state index in [1.54, 1.807) is 19.9 Å². The van der Waals surface area contributed by atoms with Crippen LogP contribution < -0.4 is 5.32 Å². The number of nitrogens with one attached hydrogen (secondary N) is 1. The summed E-state index contributed by atoms with van der Waals surface area (Å²) in [5.74, 6) is -0.728. The molecule has 20 heavy (non-hydrogen) atoms. The van der Waals surface area contributed by atoms with Crippen molar-refractivity contribution in [2.24, 2.45) is 0 Å². The number of hydrogen-bond donors (Lipinski definition) is 1. The molecule has 108 valence electrons. The summed E-state index contributed by atoms with van der Waals surface area (Å²) in [7, 11) is 0. The van der Waals surface area contributed by atoms with Gasteiger partial charge < -0.3 is 10.1 Å². The van der Waals surface area contributed by atoms with Gasteiger partial charge in [0.05, 0.1) is 0 Å². The lowest BCUT2D eigenvalue weighted by Gasteiger charge is -2.25. The molecule has 1 rings (SSSR count). The van der Waals surface area contributed by atoms with Crippen molar-refractivity contribution in [1.82, 2.24) is 5.32 Å². The summed E-state index contributed by atoms with van der Waals surface area (Å²) in [6.07, 6.45) is 1.95. The highest BCUT2D eigenvalue weighted by Gasteiger charge is 2.26. The van der Waals surface area contributed by atoms with E-state index < -0.39 is 17.6 Å². The number of ether oxygens (including phenoxy) is 1. The number of amides is 1. The Balaban J connectivity index is 2.81. The third-order valence-electron chi connectivity index (χ3n) is 2.80. The van der Waals surface area contributed by atoms with Crippen LogP contribution in [0.1, 0.15) is 26.3 Å². The van der Waals surface area contributed by atoms with Gasteiger partial charge in [-0.05, 0) is 25.5 Å². The average molecular weight is 275 g/mol. The van der Waals surface area contributed by atoms with E-state index in [4.69, 9.17) is 4.74 Å². The van der Waals surface area contributed by atoms with Gasteiger partial charge in [-0.15, -0.1) is 0 Å². The number of hydrogen-bond acceptors (Lipinski definition) is 3. The second-order valence-corrected chi connectivity index (χ2v) is 5.17. The Morgan fingerprint density at radius 2 is 1.95 bits per heavy atom. The molecule has 4 heteroatoms. The van der Waals surface area contributed by atoms with Crippen molar-refractivity contribution in [2.45, 2.75) is 38.8 Å². The average Bonchev–Trinajstić information content (AvgIpc) is 2.38. The number of carbonyl (C=O) groups is 2. The van der Waals surface area contributed by atoms with Crippen LogP contribution in [0.25, 0.3) is 0 Å². The van der Waals surface area contributed by atoms with Gasteiger partial charge in [0.15, 0.2) is 0 Å². The number of benzene rings is 1. The minimum atomic E-state index is -0.759. The van der Waals surface area contributed by atoms with Gasteiger partial charge in [-0.2, -0.15) is 0 Å². The van der Waals surface area contributed by atoms with Crippen LogP contribution >= 0.6 is 0 Å². The second-order valence-electron chi connectivity index (χ2n) is 5.17. The van der Waals surface area contributed by atoms with E-state index in [1.807, 2.05) is 30.3 Å². The van der Waals surface area contributed by atoms with Crippen molar-refractivity contribution < 1.29 is 14.3 Å². The highest BCUT2D eigenvalue weighted by atomic mass is 16.6. The van der Waals surface area contributed by atoms with Crippen LogP contribution in [0.4, 0.5) is 0 Å². The van der Waals surface area contributed by atoms with Gasteiger partial charge in [0, 0.05) is 13.3 Å². The van der Waals surface area contributed by atoms with Gasteiger partial charge >= 0.3 is 5.97 Å². The third kappa shape index (κ3) is 5.26. The Morgan fingerprint density at radius 3 is 2.45 bits per heavy atom. The molecule has 1 N–H and O–H groups in total. The van der Waals surface area contributed by atoms with Gasteiger partial charge in [-0.1, -0.05) is 36.9 Å². The van der Waals surface area contributed by atoms with Crippen LogP contribution in [0.5, 0.6) is 0 Å². The molecule has 1 aromatic carbocycles. The number of rotatable bonds is 6. The molecule has 0 saturated heterocycles. The summed E-state index contributed by atoms with van der Waals surface area (Å²) in [5, 5.41) is 2.63. The normalized spacial score (nSPS) is 12.3. The molecule has 0 aliphatic carbocycles. The van der Waals surface area contributed by atoms with Gasteiger partial charge in [0.25, 0.3) is 0 Å². The van der Waals surface area contributed by atoms with Gasteiger partial charge in [-0.25, -0.2) is 4.79 Å². The number of carbonyl (C=O) groups excluding carboxylic acids is 2. The molecule has 1 atom stereocenters. The van der Waals surface area contributed by atoms with E-state index in [2.05, 4.69) is 11.9 Å². The van der Waals surface area contributed by atoms with Gasteiger partial charge in [0.2, 0.25) is 5.91 Å². The van der Waals surface area contributed by atoms with Crippen molar-refractivity contribution in [3.05, 3.63) is 48.6 Å². The highest BCUT2D eigenvalue weighted by Crippen LogP contribution is 2.13. The molecule has 0 aliphatic heterocycles. The second kappa shape index (κ2) is 6.89. The molecule has 0 spiro atoms. The van der Waals surface area contributed by atoms with Gasteiger partial charge in [0.1, 0.15) is 11.6 Å². The lowest BCUT2D eigenvalue weighted by atomic mass is 10.1. The molecule has 0 fully saturated rings.